The van der Waals surface area contributed by atoms with E-state index in [-0.39, 0.29) is 17.9 Å². The molecule has 1 aromatic rings. The van der Waals surface area contributed by atoms with Gasteiger partial charge in [0.05, 0.1) is 12.5 Å². The van der Waals surface area contributed by atoms with Crippen molar-refractivity contribution in [3.8, 4) is 5.75 Å². The number of ether oxygens (including phenoxy) is 1. The molecule has 18 heavy (non-hydrogen) atoms. The van der Waals surface area contributed by atoms with E-state index in [0.29, 0.717) is 6.42 Å². The molecule has 0 saturated heterocycles. The Labute approximate surface area is 106 Å². The summed E-state index contributed by atoms with van der Waals surface area (Å²) in [6.45, 7) is 0.729. The van der Waals surface area contributed by atoms with Crippen LogP contribution in [0.1, 0.15) is 12.0 Å². The summed E-state index contributed by atoms with van der Waals surface area (Å²) in [4.78, 5) is 12.0. The third kappa shape index (κ3) is 2.11. The lowest BCUT2D eigenvalue weighted by Gasteiger charge is -2.11. The maximum atomic E-state index is 12.0. The fourth-order valence-electron chi connectivity index (χ4n) is 2.42. The van der Waals surface area contributed by atoms with E-state index in [1.165, 1.54) is 0 Å². The van der Waals surface area contributed by atoms with Crippen LogP contribution in [0.25, 0.3) is 0 Å². The number of benzene rings is 1. The number of fused-ring (bicyclic) bond motifs is 1. The van der Waals surface area contributed by atoms with Crippen LogP contribution in [0.3, 0.4) is 0 Å². The number of amides is 1. The molecule has 94 valence electrons. The van der Waals surface area contributed by atoms with Crippen molar-refractivity contribution >= 4 is 11.6 Å². The number of hydrogen-bond donors (Lipinski definition) is 2. The standard InChI is InChI=1S/C14H16N2O2/c15-11-2-1-10(7-11)14(17)16-12-3-4-13-9(8-12)5-6-18-13/h1-4,8,10-11H,5-7,15H2,(H,16,17). The lowest BCUT2D eigenvalue weighted by atomic mass is 10.1. The normalized spacial score (nSPS) is 24.7. The van der Waals surface area contributed by atoms with Gasteiger partial charge in [0.15, 0.2) is 0 Å². The molecule has 0 spiro atoms. The molecule has 1 heterocycles. The second kappa shape index (κ2) is 4.46. The smallest absolute Gasteiger partial charge is 0.231 e. The zero-order valence-corrected chi connectivity index (χ0v) is 10.1. The molecular weight excluding hydrogens is 228 g/mol. The second-order valence-electron chi connectivity index (χ2n) is 4.80. The fourth-order valence-corrected chi connectivity index (χ4v) is 2.42. The minimum Gasteiger partial charge on any atom is -0.493 e. The third-order valence-corrected chi connectivity index (χ3v) is 3.41. The molecule has 1 aliphatic carbocycles. The Bertz CT molecular complexity index is 511. The van der Waals surface area contributed by atoms with Gasteiger partial charge in [0.1, 0.15) is 5.75 Å². The average Bonchev–Trinajstić information content (AvgIpc) is 2.96. The molecule has 1 amide bonds. The highest BCUT2D eigenvalue weighted by Crippen LogP contribution is 2.28. The quantitative estimate of drug-likeness (QED) is 0.774. The van der Waals surface area contributed by atoms with Crippen LogP contribution in [0.4, 0.5) is 5.69 Å². The molecule has 0 saturated carbocycles. The van der Waals surface area contributed by atoms with Crippen molar-refractivity contribution in [2.75, 3.05) is 11.9 Å². The molecule has 0 bridgehead atoms. The highest BCUT2D eigenvalue weighted by molar-refractivity contribution is 5.94. The number of nitrogens with two attached hydrogens (primary N) is 1. The number of hydrogen-bond acceptors (Lipinski definition) is 3. The van der Waals surface area contributed by atoms with Crippen LogP contribution < -0.4 is 15.8 Å². The van der Waals surface area contributed by atoms with Crippen LogP contribution in [0.5, 0.6) is 5.75 Å². The summed E-state index contributed by atoms with van der Waals surface area (Å²) < 4.78 is 5.43. The van der Waals surface area contributed by atoms with E-state index in [1.54, 1.807) is 0 Å². The number of anilines is 1. The molecule has 0 aromatic heterocycles. The van der Waals surface area contributed by atoms with Gasteiger partial charge in [0.2, 0.25) is 5.91 Å². The summed E-state index contributed by atoms with van der Waals surface area (Å²) in [6, 6.07) is 5.78. The summed E-state index contributed by atoms with van der Waals surface area (Å²) >= 11 is 0. The van der Waals surface area contributed by atoms with Crippen molar-refractivity contribution in [2.45, 2.75) is 18.9 Å². The van der Waals surface area contributed by atoms with Crippen molar-refractivity contribution in [3.63, 3.8) is 0 Å². The van der Waals surface area contributed by atoms with Gasteiger partial charge in [-0.1, -0.05) is 12.2 Å². The minimum atomic E-state index is -0.107. The van der Waals surface area contributed by atoms with Crippen molar-refractivity contribution in [2.24, 2.45) is 11.7 Å². The Morgan fingerprint density at radius 2 is 2.28 bits per heavy atom. The van der Waals surface area contributed by atoms with E-state index in [4.69, 9.17) is 10.5 Å². The first-order chi connectivity index (χ1) is 8.72. The van der Waals surface area contributed by atoms with Gasteiger partial charge in [-0.3, -0.25) is 4.79 Å². The Morgan fingerprint density at radius 1 is 1.39 bits per heavy atom. The highest BCUT2D eigenvalue weighted by atomic mass is 16.5. The molecule has 3 rings (SSSR count). The topological polar surface area (TPSA) is 64.4 Å². The number of carbonyl (C=O) groups excluding carboxylic acids is 1. The van der Waals surface area contributed by atoms with Crippen LogP contribution in [-0.4, -0.2) is 18.6 Å². The van der Waals surface area contributed by atoms with E-state index in [9.17, 15) is 4.79 Å². The maximum Gasteiger partial charge on any atom is 0.231 e. The van der Waals surface area contributed by atoms with Gasteiger partial charge in [0.25, 0.3) is 0 Å². The van der Waals surface area contributed by atoms with Gasteiger partial charge in [-0.2, -0.15) is 0 Å². The van der Waals surface area contributed by atoms with Gasteiger partial charge in [-0.15, -0.1) is 0 Å². The SMILES string of the molecule is NC1C=CC(C(=O)Nc2ccc3c(c2)CCO3)C1. The Morgan fingerprint density at radius 3 is 3.06 bits per heavy atom. The monoisotopic (exact) mass is 244 g/mol. The molecule has 1 aromatic carbocycles. The largest absolute Gasteiger partial charge is 0.493 e. The summed E-state index contributed by atoms with van der Waals surface area (Å²) in [5.74, 6) is 0.832. The maximum absolute atomic E-state index is 12.0. The minimum absolute atomic E-state index is 0.00849. The molecule has 3 N–H and O–H groups in total. The third-order valence-electron chi connectivity index (χ3n) is 3.41. The van der Waals surface area contributed by atoms with Gasteiger partial charge < -0.3 is 15.8 Å². The fraction of sp³-hybridized carbons (Fsp3) is 0.357. The Hall–Kier alpha value is -1.81. The van der Waals surface area contributed by atoms with Gasteiger partial charge in [-0.25, -0.2) is 0 Å². The number of rotatable bonds is 2. The summed E-state index contributed by atoms with van der Waals surface area (Å²) in [5.41, 5.74) is 7.74. The van der Waals surface area contributed by atoms with Crippen molar-refractivity contribution in [1.29, 1.82) is 0 Å². The predicted molar refractivity (Wildman–Crippen MR) is 69.5 cm³/mol. The van der Waals surface area contributed by atoms with Crippen LogP contribution in [-0.2, 0) is 11.2 Å². The molecule has 0 radical (unpaired) electrons. The molecular formula is C14H16N2O2. The molecule has 0 fully saturated rings. The first kappa shape index (κ1) is 11.3. The second-order valence-corrected chi connectivity index (χ2v) is 4.80. The van der Waals surface area contributed by atoms with Crippen LogP contribution >= 0.6 is 0 Å². The molecule has 4 nitrogen and oxygen atoms in total. The van der Waals surface area contributed by atoms with Crippen molar-refractivity contribution < 1.29 is 9.53 Å². The molecule has 1 aliphatic heterocycles. The summed E-state index contributed by atoms with van der Waals surface area (Å²) in [5, 5.41) is 2.93. The predicted octanol–water partition coefficient (Wildman–Crippen LogP) is 1.46. The molecule has 2 aliphatic rings. The summed E-state index contributed by atoms with van der Waals surface area (Å²) in [6.07, 6.45) is 5.38. The van der Waals surface area contributed by atoms with Crippen LogP contribution in [0, 0.1) is 5.92 Å². The van der Waals surface area contributed by atoms with E-state index in [2.05, 4.69) is 5.32 Å². The number of carbonyl (C=O) groups is 1. The highest BCUT2D eigenvalue weighted by Gasteiger charge is 2.23. The Kier molecular flexibility index (Phi) is 2.80. The zero-order valence-electron chi connectivity index (χ0n) is 10.1. The van der Waals surface area contributed by atoms with E-state index >= 15 is 0 Å². The van der Waals surface area contributed by atoms with Gasteiger partial charge in [0, 0.05) is 18.2 Å². The van der Waals surface area contributed by atoms with Gasteiger partial charge in [-0.05, 0) is 30.2 Å². The molecule has 4 heteroatoms. The van der Waals surface area contributed by atoms with Crippen molar-refractivity contribution in [1.82, 2.24) is 0 Å². The van der Waals surface area contributed by atoms with Crippen LogP contribution in [0.2, 0.25) is 0 Å². The molecule has 2 unspecified atom stereocenters. The first-order valence-electron chi connectivity index (χ1n) is 6.23. The Balaban J connectivity index is 1.69. The molecule has 2 atom stereocenters. The van der Waals surface area contributed by atoms with E-state index in [1.807, 2.05) is 30.4 Å². The average molecular weight is 244 g/mol. The number of nitrogens with one attached hydrogen (secondary N) is 1. The van der Waals surface area contributed by atoms with E-state index in [0.717, 1.165) is 30.0 Å². The van der Waals surface area contributed by atoms with Crippen molar-refractivity contribution in [3.05, 3.63) is 35.9 Å². The lowest BCUT2D eigenvalue weighted by Crippen LogP contribution is -2.23. The zero-order chi connectivity index (χ0) is 12.5. The first-order valence-corrected chi connectivity index (χ1v) is 6.23. The lowest BCUT2D eigenvalue weighted by molar-refractivity contribution is -0.118. The van der Waals surface area contributed by atoms with E-state index < -0.39 is 0 Å². The van der Waals surface area contributed by atoms with Crippen LogP contribution in [0.15, 0.2) is 30.4 Å². The summed E-state index contributed by atoms with van der Waals surface area (Å²) in [7, 11) is 0. The van der Waals surface area contributed by atoms with Gasteiger partial charge >= 0.3 is 0 Å².